The summed E-state index contributed by atoms with van der Waals surface area (Å²) in [6, 6.07) is 8.32. The zero-order chi connectivity index (χ0) is 11.5. The average Bonchev–Trinajstić information content (AvgIpc) is 2.61. The number of thiophene rings is 1. The first-order valence-corrected chi connectivity index (χ1v) is 7.01. The maximum absolute atomic E-state index is 4.35. The zero-order valence-corrected chi connectivity index (χ0v) is 11.8. The van der Waals surface area contributed by atoms with Crippen LogP contribution in [0.4, 0.5) is 0 Å². The highest BCUT2D eigenvalue weighted by Gasteiger charge is 2.12. The van der Waals surface area contributed by atoms with Gasteiger partial charge in [0.05, 0.1) is 4.83 Å². The molecule has 2 aromatic heterocycles. The molecule has 2 rings (SSSR count). The van der Waals surface area contributed by atoms with Crippen molar-refractivity contribution in [1.82, 2.24) is 4.98 Å². The van der Waals surface area contributed by atoms with Gasteiger partial charge in [-0.3, -0.25) is 4.98 Å². The third kappa shape index (κ3) is 2.71. The van der Waals surface area contributed by atoms with Gasteiger partial charge in [-0.05, 0) is 37.6 Å². The van der Waals surface area contributed by atoms with Gasteiger partial charge in [0, 0.05) is 28.1 Å². The molecule has 0 amide bonds. The number of aromatic nitrogens is 1. The molecular formula is C13H14BrNS. The predicted molar refractivity (Wildman–Crippen MR) is 73.4 cm³/mol. The third-order valence-electron chi connectivity index (χ3n) is 2.61. The van der Waals surface area contributed by atoms with Crippen LogP contribution < -0.4 is 0 Å². The fraction of sp³-hybridized carbons (Fsp3) is 0.308. The van der Waals surface area contributed by atoms with Gasteiger partial charge in [-0.2, -0.15) is 0 Å². The third-order valence-corrected chi connectivity index (χ3v) is 4.99. The van der Waals surface area contributed by atoms with Crippen LogP contribution in [-0.2, 0) is 6.42 Å². The maximum Gasteiger partial charge on any atom is 0.0544 e. The van der Waals surface area contributed by atoms with Crippen molar-refractivity contribution in [3.63, 3.8) is 0 Å². The second-order valence-corrected chi connectivity index (χ2v) is 6.27. The van der Waals surface area contributed by atoms with Crippen LogP contribution in [0.15, 0.2) is 30.5 Å². The van der Waals surface area contributed by atoms with Crippen molar-refractivity contribution in [2.24, 2.45) is 0 Å². The zero-order valence-electron chi connectivity index (χ0n) is 9.40. The van der Waals surface area contributed by atoms with Gasteiger partial charge in [-0.1, -0.05) is 22.0 Å². The van der Waals surface area contributed by atoms with Gasteiger partial charge >= 0.3 is 0 Å². The van der Waals surface area contributed by atoms with E-state index < -0.39 is 0 Å². The first-order chi connectivity index (χ1) is 7.66. The van der Waals surface area contributed by atoms with Gasteiger partial charge in [0.15, 0.2) is 0 Å². The summed E-state index contributed by atoms with van der Waals surface area (Å²) < 4.78 is 0. The summed E-state index contributed by atoms with van der Waals surface area (Å²) >= 11 is 5.61. The van der Waals surface area contributed by atoms with E-state index in [1.54, 1.807) is 0 Å². The van der Waals surface area contributed by atoms with E-state index in [0.29, 0.717) is 4.83 Å². The summed E-state index contributed by atoms with van der Waals surface area (Å²) in [4.78, 5) is 7.52. The number of aryl methyl sites for hydroxylation is 2. The van der Waals surface area contributed by atoms with Crippen molar-refractivity contribution >= 4 is 27.3 Å². The molecule has 1 nitrogen and oxygen atoms in total. The Bertz CT molecular complexity index is 445. The van der Waals surface area contributed by atoms with Crippen LogP contribution in [0.25, 0.3) is 0 Å². The predicted octanol–water partition coefficient (Wildman–Crippen LogP) is 4.44. The summed E-state index contributed by atoms with van der Waals surface area (Å²) in [6.45, 7) is 4.33. The van der Waals surface area contributed by atoms with Crippen molar-refractivity contribution in [3.05, 3.63) is 51.5 Å². The second kappa shape index (κ2) is 5.11. The van der Waals surface area contributed by atoms with Crippen LogP contribution in [0.5, 0.6) is 0 Å². The topological polar surface area (TPSA) is 12.9 Å². The van der Waals surface area contributed by atoms with Crippen LogP contribution >= 0.6 is 27.3 Å². The van der Waals surface area contributed by atoms with E-state index in [2.05, 4.69) is 46.9 Å². The molecule has 3 heteroatoms. The summed E-state index contributed by atoms with van der Waals surface area (Å²) in [5.74, 6) is 0. The van der Waals surface area contributed by atoms with Crippen molar-refractivity contribution in [2.75, 3.05) is 0 Å². The molecule has 16 heavy (non-hydrogen) atoms. The molecule has 0 bridgehead atoms. The van der Waals surface area contributed by atoms with Crippen LogP contribution in [-0.4, -0.2) is 4.98 Å². The summed E-state index contributed by atoms with van der Waals surface area (Å²) in [5, 5.41) is 0. The molecule has 0 saturated carbocycles. The lowest BCUT2D eigenvalue weighted by Gasteiger charge is -2.06. The number of nitrogens with zero attached hydrogens (tertiary/aromatic N) is 1. The SMILES string of the molecule is Cc1cc(C(Br)Cc2ccccn2)sc1C. The molecule has 0 aliphatic carbocycles. The first-order valence-electron chi connectivity index (χ1n) is 5.27. The van der Waals surface area contributed by atoms with Crippen LogP contribution in [0, 0.1) is 13.8 Å². The molecular weight excluding hydrogens is 282 g/mol. The first kappa shape index (κ1) is 11.8. The average molecular weight is 296 g/mol. The highest BCUT2D eigenvalue weighted by atomic mass is 79.9. The second-order valence-electron chi connectivity index (χ2n) is 3.88. The molecule has 2 heterocycles. The van der Waals surface area contributed by atoms with Crippen molar-refractivity contribution in [3.8, 4) is 0 Å². The Morgan fingerprint density at radius 2 is 2.19 bits per heavy atom. The molecule has 0 saturated heterocycles. The highest BCUT2D eigenvalue weighted by molar-refractivity contribution is 9.09. The van der Waals surface area contributed by atoms with Crippen LogP contribution in [0.1, 0.15) is 25.8 Å². The standard InChI is InChI=1S/C13H14BrNS/c1-9-7-13(16-10(9)2)12(14)8-11-5-3-4-6-15-11/h3-7,12H,8H2,1-2H3. The van der Waals surface area contributed by atoms with Crippen molar-refractivity contribution in [2.45, 2.75) is 25.1 Å². The fourth-order valence-electron chi connectivity index (χ4n) is 1.56. The molecule has 0 N–H and O–H groups in total. The van der Waals surface area contributed by atoms with E-state index in [1.807, 2.05) is 29.7 Å². The Morgan fingerprint density at radius 1 is 1.38 bits per heavy atom. The monoisotopic (exact) mass is 295 g/mol. The lowest BCUT2D eigenvalue weighted by molar-refractivity contribution is 0.919. The Labute approximate surface area is 109 Å². The summed E-state index contributed by atoms with van der Waals surface area (Å²) in [6.07, 6.45) is 2.79. The molecule has 0 radical (unpaired) electrons. The van der Waals surface area contributed by atoms with Crippen LogP contribution in [0.3, 0.4) is 0 Å². The molecule has 84 valence electrons. The highest BCUT2D eigenvalue weighted by Crippen LogP contribution is 2.33. The molecule has 0 fully saturated rings. The van der Waals surface area contributed by atoms with Gasteiger partial charge in [-0.25, -0.2) is 0 Å². The Hall–Kier alpha value is -0.670. The number of hydrogen-bond donors (Lipinski definition) is 0. The quantitative estimate of drug-likeness (QED) is 0.763. The van der Waals surface area contributed by atoms with E-state index in [4.69, 9.17) is 0 Å². The summed E-state index contributed by atoms with van der Waals surface area (Å²) in [7, 11) is 0. The normalized spacial score (nSPS) is 12.7. The number of hydrogen-bond acceptors (Lipinski definition) is 2. The van der Waals surface area contributed by atoms with E-state index in [-0.39, 0.29) is 0 Å². The minimum atomic E-state index is 0.375. The van der Waals surface area contributed by atoms with Crippen LogP contribution in [0.2, 0.25) is 0 Å². The van der Waals surface area contributed by atoms with Crippen molar-refractivity contribution in [1.29, 1.82) is 0 Å². The number of rotatable bonds is 3. The number of pyridine rings is 1. The maximum atomic E-state index is 4.35. The van der Waals surface area contributed by atoms with E-state index in [9.17, 15) is 0 Å². The molecule has 1 unspecified atom stereocenters. The Balaban J connectivity index is 2.11. The molecule has 0 spiro atoms. The largest absolute Gasteiger partial charge is 0.261 e. The lowest BCUT2D eigenvalue weighted by atomic mass is 10.2. The Morgan fingerprint density at radius 3 is 2.75 bits per heavy atom. The molecule has 0 aliphatic rings. The van der Waals surface area contributed by atoms with Gasteiger partial charge in [0.25, 0.3) is 0 Å². The van der Waals surface area contributed by atoms with E-state index in [0.717, 1.165) is 12.1 Å². The minimum absolute atomic E-state index is 0.375. The van der Waals surface area contributed by atoms with Gasteiger partial charge in [0.2, 0.25) is 0 Å². The molecule has 0 aliphatic heterocycles. The molecule has 1 atom stereocenters. The van der Waals surface area contributed by atoms with E-state index >= 15 is 0 Å². The van der Waals surface area contributed by atoms with Gasteiger partial charge in [-0.15, -0.1) is 11.3 Å². The molecule has 0 aromatic carbocycles. The van der Waals surface area contributed by atoms with E-state index in [1.165, 1.54) is 15.3 Å². The van der Waals surface area contributed by atoms with Gasteiger partial charge in [0.1, 0.15) is 0 Å². The number of alkyl halides is 1. The van der Waals surface area contributed by atoms with Crippen molar-refractivity contribution < 1.29 is 0 Å². The smallest absolute Gasteiger partial charge is 0.0544 e. The lowest BCUT2D eigenvalue weighted by Crippen LogP contribution is -1.95. The fourth-order valence-corrected chi connectivity index (χ4v) is 3.32. The minimum Gasteiger partial charge on any atom is -0.261 e. The van der Waals surface area contributed by atoms with Gasteiger partial charge < -0.3 is 0 Å². The molecule has 2 aromatic rings. The number of halogens is 1. The Kier molecular flexibility index (Phi) is 3.77. The summed E-state index contributed by atoms with van der Waals surface area (Å²) in [5.41, 5.74) is 2.51.